The topological polar surface area (TPSA) is 114 Å². The number of carbonyl (C=O) groups is 3. The van der Waals surface area contributed by atoms with E-state index in [4.69, 9.17) is 9.47 Å². The van der Waals surface area contributed by atoms with E-state index in [0.717, 1.165) is 22.3 Å². The lowest BCUT2D eigenvalue weighted by molar-refractivity contribution is -0.148. The number of carboxylic acid groups (broad SMARTS) is 1. The number of hydrogen-bond donors (Lipinski definition) is 3. The first-order chi connectivity index (χ1) is 15.5. The summed E-state index contributed by atoms with van der Waals surface area (Å²) < 4.78 is 10.7. The molecule has 32 heavy (non-hydrogen) atoms. The molecule has 2 amide bonds. The molecule has 2 aromatic rings. The summed E-state index contributed by atoms with van der Waals surface area (Å²) in [7, 11) is 0. The summed E-state index contributed by atoms with van der Waals surface area (Å²) in [5.41, 5.74) is 3.46. The van der Waals surface area contributed by atoms with Crippen LogP contribution < -0.4 is 10.6 Å². The van der Waals surface area contributed by atoms with E-state index < -0.39 is 35.7 Å². The van der Waals surface area contributed by atoms with Gasteiger partial charge in [-0.3, -0.25) is 4.79 Å². The van der Waals surface area contributed by atoms with E-state index in [2.05, 4.69) is 22.8 Å². The molecule has 5 rings (SSSR count). The van der Waals surface area contributed by atoms with Gasteiger partial charge in [-0.1, -0.05) is 48.5 Å². The Kier molecular flexibility index (Phi) is 5.09. The van der Waals surface area contributed by atoms with Crippen LogP contribution in [-0.2, 0) is 19.1 Å². The molecule has 2 aliphatic carbocycles. The Morgan fingerprint density at radius 1 is 1.03 bits per heavy atom. The molecule has 3 N–H and O–H groups in total. The van der Waals surface area contributed by atoms with E-state index in [1.165, 1.54) is 0 Å². The first-order valence-corrected chi connectivity index (χ1v) is 10.8. The Balaban J connectivity index is 1.21. The lowest BCUT2D eigenvalue weighted by Crippen LogP contribution is -2.54. The Bertz CT molecular complexity index is 1030. The predicted molar refractivity (Wildman–Crippen MR) is 114 cm³/mol. The van der Waals surface area contributed by atoms with Crippen molar-refractivity contribution in [2.75, 3.05) is 13.2 Å². The zero-order valence-corrected chi connectivity index (χ0v) is 17.4. The monoisotopic (exact) mass is 436 g/mol. The van der Waals surface area contributed by atoms with Crippen molar-refractivity contribution in [2.45, 2.75) is 42.9 Å². The number of ether oxygens (including phenoxy) is 2. The molecule has 1 saturated heterocycles. The van der Waals surface area contributed by atoms with E-state index >= 15 is 0 Å². The van der Waals surface area contributed by atoms with E-state index in [0.29, 0.717) is 19.3 Å². The van der Waals surface area contributed by atoms with Gasteiger partial charge in [-0.05, 0) is 41.5 Å². The third kappa shape index (κ3) is 3.60. The second-order valence-corrected chi connectivity index (χ2v) is 8.53. The Morgan fingerprint density at radius 3 is 2.25 bits per heavy atom. The van der Waals surface area contributed by atoms with Crippen molar-refractivity contribution >= 4 is 18.0 Å². The molecule has 1 heterocycles. The van der Waals surface area contributed by atoms with Gasteiger partial charge in [-0.25, -0.2) is 9.59 Å². The van der Waals surface area contributed by atoms with Crippen LogP contribution in [0.3, 0.4) is 0 Å². The molecule has 0 bridgehead atoms. The summed E-state index contributed by atoms with van der Waals surface area (Å²) in [4.78, 5) is 36.6. The fourth-order valence-electron chi connectivity index (χ4n) is 4.65. The molecule has 1 saturated carbocycles. The molecule has 8 nitrogen and oxygen atoms in total. The average Bonchev–Trinajstić information content (AvgIpc) is 3.29. The molecule has 2 atom stereocenters. The standard InChI is InChI=1S/C24H24N2O6/c27-21(28)20-19(9-12-31-20)25-22(29)24(10-11-24)26-23(30)32-13-18-16-7-3-1-5-14(16)15-6-2-4-8-17(15)18/h1-8,18-20H,9-13H2,(H,25,29)(H,26,30)(H,27,28). The molecule has 0 radical (unpaired) electrons. The largest absolute Gasteiger partial charge is 0.479 e. The number of alkyl carbamates (subject to hydrolysis) is 1. The lowest BCUT2D eigenvalue weighted by Gasteiger charge is -2.22. The zero-order chi connectivity index (χ0) is 22.3. The van der Waals surface area contributed by atoms with Gasteiger partial charge in [0.25, 0.3) is 0 Å². The van der Waals surface area contributed by atoms with E-state index in [-0.39, 0.29) is 19.1 Å². The zero-order valence-electron chi connectivity index (χ0n) is 17.4. The molecule has 2 fully saturated rings. The molecule has 1 aliphatic heterocycles. The molecule has 3 aliphatic rings. The predicted octanol–water partition coefficient (Wildman–Crippen LogP) is 2.42. The molecule has 166 valence electrons. The number of fused-ring (bicyclic) bond motifs is 3. The normalized spacial score (nSPS) is 22.5. The van der Waals surface area contributed by atoms with Crippen molar-refractivity contribution in [3.63, 3.8) is 0 Å². The number of aliphatic carboxylic acids is 1. The highest BCUT2D eigenvalue weighted by Gasteiger charge is 2.53. The minimum Gasteiger partial charge on any atom is -0.479 e. The van der Waals surface area contributed by atoms with Crippen LogP contribution in [0.5, 0.6) is 0 Å². The van der Waals surface area contributed by atoms with Crippen molar-refractivity contribution in [3.8, 4) is 11.1 Å². The van der Waals surface area contributed by atoms with Gasteiger partial charge in [0.1, 0.15) is 12.1 Å². The number of amides is 2. The highest BCUT2D eigenvalue weighted by molar-refractivity contribution is 5.93. The third-order valence-electron chi connectivity index (χ3n) is 6.52. The maximum absolute atomic E-state index is 12.7. The van der Waals surface area contributed by atoms with E-state index in [1.807, 2.05) is 36.4 Å². The molecular weight excluding hydrogens is 412 g/mol. The second-order valence-electron chi connectivity index (χ2n) is 8.53. The van der Waals surface area contributed by atoms with Crippen LogP contribution in [0.15, 0.2) is 48.5 Å². The van der Waals surface area contributed by atoms with Gasteiger partial charge >= 0.3 is 12.1 Å². The highest BCUT2D eigenvalue weighted by atomic mass is 16.5. The van der Waals surface area contributed by atoms with Gasteiger partial charge in [-0.2, -0.15) is 0 Å². The fraction of sp³-hybridized carbons (Fsp3) is 0.375. The number of carbonyl (C=O) groups excluding carboxylic acids is 2. The lowest BCUT2D eigenvalue weighted by atomic mass is 9.98. The minimum atomic E-state index is -1.11. The number of benzene rings is 2. The van der Waals surface area contributed by atoms with Gasteiger partial charge in [0.05, 0.1) is 6.04 Å². The maximum atomic E-state index is 12.7. The van der Waals surface area contributed by atoms with Crippen molar-refractivity contribution in [2.24, 2.45) is 0 Å². The summed E-state index contributed by atoms with van der Waals surface area (Å²) in [6.45, 7) is 0.434. The van der Waals surface area contributed by atoms with Crippen molar-refractivity contribution in [1.29, 1.82) is 0 Å². The Morgan fingerprint density at radius 2 is 1.66 bits per heavy atom. The highest BCUT2D eigenvalue weighted by Crippen LogP contribution is 2.44. The Labute approximate surface area is 184 Å². The van der Waals surface area contributed by atoms with Crippen LogP contribution in [0.4, 0.5) is 4.79 Å². The van der Waals surface area contributed by atoms with E-state index in [1.54, 1.807) is 0 Å². The smallest absolute Gasteiger partial charge is 0.408 e. The van der Waals surface area contributed by atoms with Crippen LogP contribution in [0.25, 0.3) is 11.1 Å². The number of carboxylic acids is 1. The molecule has 0 spiro atoms. The van der Waals surface area contributed by atoms with Gasteiger partial charge < -0.3 is 25.2 Å². The molecular formula is C24H24N2O6. The Hall–Kier alpha value is -3.39. The van der Waals surface area contributed by atoms with Crippen LogP contribution in [0.1, 0.15) is 36.3 Å². The van der Waals surface area contributed by atoms with Crippen LogP contribution in [0.2, 0.25) is 0 Å². The summed E-state index contributed by atoms with van der Waals surface area (Å²) >= 11 is 0. The molecule has 0 aromatic heterocycles. The van der Waals surface area contributed by atoms with Crippen LogP contribution >= 0.6 is 0 Å². The van der Waals surface area contributed by atoms with Gasteiger partial charge in [0.2, 0.25) is 5.91 Å². The molecule has 2 aromatic carbocycles. The maximum Gasteiger partial charge on any atom is 0.408 e. The van der Waals surface area contributed by atoms with E-state index in [9.17, 15) is 19.5 Å². The average molecular weight is 436 g/mol. The number of hydrogen-bond acceptors (Lipinski definition) is 5. The van der Waals surface area contributed by atoms with Crippen molar-refractivity contribution in [1.82, 2.24) is 10.6 Å². The number of nitrogens with one attached hydrogen (secondary N) is 2. The SMILES string of the molecule is O=C(NC1(C(=O)NC2CCOC2C(=O)O)CC1)OCC1c2ccccc2-c2ccccc21. The van der Waals surface area contributed by atoms with Gasteiger partial charge in [-0.15, -0.1) is 0 Å². The second kappa shape index (κ2) is 7.94. The summed E-state index contributed by atoms with van der Waals surface area (Å²) in [6.07, 6.45) is -0.340. The quantitative estimate of drug-likeness (QED) is 0.641. The first-order valence-electron chi connectivity index (χ1n) is 10.8. The third-order valence-corrected chi connectivity index (χ3v) is 6.52. The first kappa shape index (κ1) is 20.5. The molecule has 2 unspecified atom stereocenters. The summed E-state index contributed by atoms with van der Waals surface area (Å²) in [6, 6.07) is 15.5. The van der Waals surface area contributed by atoms with Gasteiger partial charge in [0, 0.05) is 12.5 Å². The number of rotatable bonds is 6. The summed E-state index contributed by atoms with van der Waals surface area (Å²) in [5.74, 6) is -1.57. The van der Waals surface area contributed by atoms with Crippen molar-refractivity contribution < 1.29 is 29.0 Å². The minimum absolute atomic E-state index is 0.0657. The van der Waals surface area contributed by atoms with Gasteiger partial charge in [0.15, 0.2) is 6.10 Å². The fourth-order valence-corrected chi connectivity index (χ4v) is 4.65. The van der Waals surface area contributed by atoms with Crippen LogP contribution in [0, 0.1) is 0 Å². The van der Waals surface area contributed by atoms with Crippen LogP contribution in [-0.4, -0.2) is 54.0 Å². The molecule has 8 heteroatoms. The summed E-state index contributed by atoms with van der Waals surface area (Å²) in [5, 5.41) is 14.6. The van der Waals surface area contributed by atoms with Crippen molar-refractivity contribution in [3.05, 3.63) is 59.7 Å².